The number of rotatable bonds is 5. The van der Waals surface area contributed by atoms with Gasteiger partial charge in [-0.05, 0) is 62.6 Å². The summed E-state index contributed by atoms with van der Waals surface area (Å²) in [6.07, 6.45) is 6.60. The first-order valence-electron chi connectivity index (χ1n) is 10.7. The first kappa shape index (κ1) is 20.6. The maximum atomic E-state index is 10.2. The lowest BCUT2D eigenvalue weighted by Gasteiger charge is -2.40. The van der Waals surface area contributed by atoms with Crippen molar-refractivity contribution in [3.05, 3.63) is 77.4 Å². The molecule has 0 amide bonds. The fourth-order valence-corrected chi connectivity index (χ4v) is 4.60. The lowest BCUT2D eigenvalue weighted by atomic mass is 9.70. The molecule has 3 aliphatic rings. The van der Waals surface area contributed by atoms with E-state index < -0.39 is 5.60 Å². The van der Waals surface area contributed by atoms with E-state index in [4.69, 9.17) is 20.3 Å². The SMILES string of the molecule is COc1cc(C2=NC(C3CC(C)(O)C3)=C3C=NC=C[N+]23N)ccc1Oc1cccc(C)c1. The fourth-order valence-electron chi connectivity index (χ4n) is 4.60. The highest BCUT2D eigenvalue weighted by Crippen LogP contribution is 2.47. The molecule has 0 bridgehead atoms. The molecule has 3 N–H and O–H groups in total. The molecule has 2 aromatic rings. The van der Waals surface area contributed by atoms with E-state index in [1.807, 2.05) is 62.5 Å². The van der Waals surface area contributed by atoms with E-state index in [1.54, 1.807) is 19.5 Å². The summed E-state index contributed by atoms with van der Waals surface area (Å²) in [6.45, 7) is 3.88. The molecule has 2 aliphatic heterocycles. The number of amidine groups is 1. The number of fused-ring (bicyclic) bond motifs is 1. The second kappa shape index (κ2) is 7.41. The highest BCUT2D eigenvalue weighted by Gasteiger charge is 2.50. The zero-order valence-electron chi connectivity index (χ0n) is 18.4. The van der Waals surface area contributed by atoms with E-state index in [1.165, 1.54) is 0 Å². The largest absolute Gasteiger partial charge is 0.493 e. The van der Waals surface area contributed by atoms with Crippen molar-refractivity contribution in [3.63, 3.8) is 0 Å². The van der Waals surface area contributed by atoms with E-state index in [9.17, 15) is 5.11 Å². The molecule has 5 rings (SSSR count). The average molecular weight is 432 g/mol. The molecule has 7 heteroatoms. The van der Waals surface area contributed by atoms with Crippen molar-refractivity contribution in [2.45, 2.75) is 32.3 Å². The molecule has 2 heterocycles. The number of allylic oxidation sites excluding steroid dienone is 2. The molecule has 0 radical (unpaired) electrons. The van der Waals surface area contributed by atoms with Crippen LogP contribution in [-0.4, -0.2) is 34.5 Å². The predicted molar refractivity (Wildman–Crippen MR) is 123 cm³/mol. The Hall–Kier alpha value is -3.26. The molecule has 164 valence electrons. The number of nitrogens with two attached hydrogens (primary N) is 1. The van der Waals surface area contributed by atoms with Crippen molar-refractivity contribution in [3.8, 4) is 17.2 Å². The molecule has 2 aromatic carbocycles. The molecule has 0 saturated heterocycles. The molecule has 0 spiro atoms. The van der Waals surface area contributed by atoms with Gasteiger partial charge in [-0.2, -0.15) is 10.8 Å². The Balaban J connectivity index is 1.50. The summed E-state index contributed by atoms with van der Waals surface area (Å²) in [5.74, 6) is 9.61. The summed E-state index contributed by atoms with van der Waals surface area (Å²) < 4.78 is 11.6. The average Bonchev–Trinajstić information content (AvgIpc) is 3.05. The summed E-state index contributed by atoms with van der Waals surface area (Å²) in [7, 11) is 1.62. The first-order valence-corrected chi connectivity index (χ1v) is 10.7. The van der Waals surface area contributed by atoms with Crippen LogP contribution in [0.15, 0.2) is 76.2 Å². The molecule has 1 unspecified atom stereocenters. The van der Waals surface area contributed by atoms with Crippen LogP contribution in [0.2, 0.25) is 0 Å². The van der Waals surface area contributed by atoms with Crippen LogP contribution in [0.25, 0.3) is 0 Å². The molecular formula is C25H27N4O3+. The van der Waals surface area contributed by atoms with Gasteiger partial charge in [0.05, 0.1) is 30.7 Å². The summed E-state index contributed by atoms with van der Waals surface area (Å²) in [5.41, 5.74) is 3.02. The number of ether oxygens (including phenoxy) is 2. The molecule has 7 nitrogen and oxygen atoms in total. The van der Waals surface area contributed by atoms with E-state index in [2.05, 4.69) is 4.99 Å². The Morgan fingerprint density at radius 1 is 1.16 bits per heavy atom. The van der Waals surface area contributed by atoms with Crippen LogP contribution in [0.4, 0.5) is 0 Å². The van der Waals surface area contributed by atoms with Crippen molar-refractivity contribution in [1.82, 2.24) is 0 Å². The van der Waals surface area contributed by atoms with Crippen molar-refractivity contribution in [1.29, 1.82) is 0 Å². The van der Waals surface area contributed by atoms with Gasteiger partial charge < -0.3 is 14.6 Å². The van der Waals surface area contributed by atoms with E-state index in [-0.39, 0.29) is 10.5 Å². The molecule has 1 fully saturated rings. The third-order valence-electron chi connectivity index (χ3n) is 6.22. The van der Waals surface area contributed by atoms with Gasteiger partial charge in [0.25, 0.3) is 5.84 Å². The van der Waals surface area contributed by atoms with Gasteiger partial charge >= 0.3 is 0 Å². The molecule has 1 aliphatic carbocycles. The highest BCUT2D eigenvalue weighted by atomic mass is 16.5. The van der Waals surface area contributed by atoms with Crippen LogP contribution in [0, 0.1) is 12.8 Å². The molecule has 1 saturated carbocycles. The lowest BCUT2D eigenvalue weighted by molar-refractivity contribution is -0.750. The van der Waals surface area contributed by atoms with E-state index in [0.29, 0.717) is 30.2 Å². The summed E-state index contributed by atoms with van der Waals surface area (Å²) in [5, 5.41) is 10.2. The van der Waals surface area contributed by atoms with Gasteiger partial charge in [0, 0.05) is 5.92 Å². The predicted octanol–water partition coefficient (Wildman–Crippen LogP) is 4.17. The number of aliphatic hydroxyl groups is 1. The van der Waals surface area contributed by atoms with Crippen molar-refractivity contribution in [2.24, 2.45) is 21.7 Å². The van der Waals surface area contributed by atoms with Crippen LogP contribution in [0.3, 0.4) is 0 Å². The highest BCUT2D eigenvalue weighted by molar-refractivity contribution is 6.00. The van der Waals surface area contributed by atoms with Gasteiger partial charge in [-0.3, -0.25) is 4.99 Å². The van der Waals surface area contributed by atoms with Crippen LogP contribution in [0.5, 0.6) is 17.2 Å². The third kappa shape index (κ3) is 3.44. The third-order valence-corrected chi connectivity index (χ3v) is 6.22. The smallest absolute Gasteiger partial charge is 0.265 e. The minimum Gasteiger partial charge on any atom is -0.493 e. The Bertz CT molecular complexity index is 1200. The summed E-state index contributed by atoms with van der Waals surface area (Å²) in [6, 6.07) is 13.6. The molecular weight excluding hydrogens is 404 g/mol. The number of hydrogen-bond donors (Lipinski definition) is 2. The second-order valence-electron chi connectivity index (χ2n) is 8.95. The van der Waals surface area contributed by atoms with E-state index >= 15 is 0 Å². The van der Waals surface area contributed by atoms with Crippen molar-refractivity contribution >= 4 is 12.1 Å². The van der Waals surface area contributed by atoms with Gasteiger partial charge in [-0.15, -0.1) is 4.59 Å². The maximum absolute atomic E-state index is 10.2. The van der Waals surface area contributed by atoms with Crippen molar-refractivity contribution in [2.75, 3.05) is 7.11 Å². The Morgan fingerprint density at radius 2 is 1.97 bits per heavy atom. The number of benzene rings is 2. The zero-order valence-corrected chi connectivity index (χ0v) is 18.4. The summed E-state index contributed by atoms with van der Waals surface area (Å²) in [4.78, 5) is 9.24. The second-order valence-corrected chi connectivity index (χ2v) is 8.95. The first-order chi connectivity index (χ1) is 15.3. The van der Waals surface area contributed by atoms with Gasteiger partial charge in [0.15, 0.2) is 11.5 Å². The standard InChI is InChI=1S/C25H27N4O3/c1-16-5-4-6-19(11-16)32-21-8-7-17(12-22(21)31-3)24-28-23(18-13-25(2,30)14-18)20-15-27-9-10-29(20,24)26/h4-12,15,18,30H,13-14,26H2,1-3H3/q+1. The van der Waals surface area contributed by atoms with Gasteiger partial charge in [0.2, 0.25) is 5.70 Å². The normalized spacial score (nSPS) is 28.3. The van der Waals surface area contributed by atoms with E-state index in [0.717, 1.165) is 28.3 Å². The number of nitrogens with zero attached hydrogens (tertiary/aromatic N) is 3. The Labute approximate surface area is 187 Å². The minimum atomic E-state index is -0.652. The Kier molecular flexibility index (Phi) is 4.78. The molecule has 0 aromatic heterocycles. The van der Waals surface area contributed by atoms with Crippen molar-refractivity contribution < 1.29 is 19.2 Å². The van der Waals surface area contributed by atoms with Gasteiger partial charge in [0.1, 0.15) is 17.6 Å². The quantitative estimate of drug-likeness (QED) is 0.549. The lowest BCUT2D eigenvalue weighted by Crippen LogP contribution is -2.53. The zero-order chi connectivity index (χ0) is 22.5. The number of aliphatic imine (C=N–C) groups is 2. The molecule has 1 atom stereocenters. The topological polar surface area (TPSA) is 89.4 Å². The maximum Gasteiger partial charge on any atom is 0.265 e. The van der Waals surface area contributed by atoms with Crippen LogP contribution < -0.4 is 15.3 Å². The molecule has 32 heavy (non-hydrogen) atoms. The Morgan fingerprint density at radius 3 is 2.69 bits per heavy atom. The van der Waals surface area contributed by atoms with Crippen LogP contribution in [-0.2, 0) is 0 Å². The number of methoxy groups -OCH3 is 1. The monoisotopic (exact) mass is 431 g/mol. The van der Waals surface area contributed by atoms with Gasteiger partial charge in [-0.1, -0.05) is 12.1 Å². The number of aryl methyl sites for hydroxylation is 1. The summed E-state index contributed by atoms with van der Waals surface area (Å²) >= 11 is 0. The fraction of sp³-hybridized carbons (Fsp3) is 0.280. The van der Waals surface area contributed by atoms with Gasteiger partial charge in [-0.25, -0.2) is 0 Å². The van der Waals surface area contributed by atoms with Crippen LogP contribution in [0.1, 0.15) is 30.9 Å². The van der Waals surface area contributed by atoms with Crippen LogP contribution >= 0.6 is 0 Å². The number of hydrogen-bond acceptors (Lipinski definition) is 6. The minimum absolute atomic E-state index is 0.0568. The number of quaternary nitrogens is 1.